The Bertz CT molecular complexity index is 801. The van der Waals surface area contributed by atoms with Crippen LogP contribution in [0.4, 0.5) is 8.78 Å². The Morgan fingerprint density at radius 1 is 1.33 bits per heavy atom. The summed E-state index contributed by atoms with van der Waals surface area (Å²) >= 11 is 0. The van der Waals surface area contributed by atoms with E-state index in [1.165, 1.54) is 6.07 Å². The molecule has 0 amide bonds. The quantitative estimate of drug-likeness (QED) is 0.599. The number of hydrogen-bond donors (Lipinski definition) is 2. The van der Waals surface area contributed by atoms with Gasteiger partial charge in [0.15, 0.2) is 11.8 Å². The van der Waals surface area contributed by atoms with Crippen LogP contribution in [-0.4, -0.2) is 39.9 Å². The van der Waals surface area contributed by atoms with Gasteiger partial charge in [0.25, 0.3) is 0 Å². The number of guanidine groups is 1. The third kappa shape index (κ3) is 5.02. The van der Waals surface area contributed by atoms with E-state index in [9.17, 15) is 8.78 Å². The number of aromatic nitrogens is 3. The Balaban J connectivity index is 1.60. The molecule has 3 rings (SSSR count). The van der Waals surface area contributed by atoms with Crippen LogP contribution in [0.1, 0.15) is 37.5 Å². The van der Waals surface area contributed by atoms with Crippen LogP contribution in [0.25, 0.3) is 0 Å². The van der Waals surface area contributed by atoms with Crippen molar-refractivity contribution in [3.05, 3.63) is 47.0 Å². The standard InChI is InChI=1S/C19H26F2N6/c1-3-17-25-18-8-6-15(12-27(18)26-17)24-19(22-4-2)23-10-9-13-11-14(20)5-7-16(13)21/h5,7,11,15H,3-4,6,8-10,12H2,1-2H3,(H2,22,23,24). The molecule has 146 valence electrons. The molecular formula is C19H26F2N6. The molecule has 2 heterocycles. The van der Waals surface area contributed by atoms with Gasteiger partial charge in [0.1, 0.15) is 17.5 Å². The summed E-state index contributed by atoms with van der Waals surface area (Å²) in [6.45, 7) is 5.88. The number of nitrogens with zero attached hydrogens (tertiary/aromatic N) is 4. The zero-order chi connectivity index (χ0) is 19.2. The molecule has 0 spiro atoms. The highest BCUT2D eigenvalue weighted by Gasteiger charge is 2.22. The van der Waals surface area contributed by atoms with Crippen molar-refractivity contribution < 1.29 is 8.78 Å². The second-order valence-corrected chi connectivity index (χ2v) is 6.61. The monoisotopic (exact) mass is 376 g/mol. The van der Waals surface area contributed by atoms with Crippen molar-refractivity contribution in [2.45, 2.75) is 52.1 Å². The van der Waals surface area contributed by atoms with Gasteiger partial charge < -0.3 is 10.6 Å². The Morgan fingerprint density at radius 2 is 2.19 bits per heavy atom. The van der Waals surface area contributed by atoms with Crippen molar-refractivity contribution in [2.24, 2.45) is 4.99 Å². The van der Waals surface area contributed by atoms with Gasteiger partial charge in [-0.25, -0.2) is 18.4 Å². The van der Waals surface area contributed by atoms with Gasteiger partial charge in [-0.2, -0.15) is 5.10 Å². The summed E-state index contributed by atoms with van der Waals surface area (Å²) in [7, 11) is 0. The van der Waals surface area contributed by atoms with Gasteiger partial charge in [-0.15, -0.1) is 0 Å². The molecule has 0 fully saturated rings. The highest BCUT2D eigenvalue weighted by Crippen LogP contribution is 2.13. The van der Waals surface area contributed by atoms with Crippen molar-refractivity contribution >= 4 is 5.96 Å². The number of benzene rings is 1. The summed E-state index contributed by atoms with van der Waals surface area (Å²) in [4.78, 5) is 9.04. The molecule has 1 aliphatic heterocycles. The molecule has 0 aliphatic carbocycles. The fraction of sp³-hybridized carbons (Fsp3) is 0.526. The summed E-state index contributed by atoms with van der Waals surface area (Å²) in [5, 5.41) is 11.1. The predicted molar refractivity (Wildman–Crippen MR) is 101 cm³/mol. The van der Waals surface area contributed by atoms with E-state index in [0.717, 1.165) is 56.1 Å². The minimum absolute atomic E-state index is 0.201. The number of hydrogen-bond acceptors (Lipinski definition) is 3. The van der Waals surface area contributed by atoms with Crippen LogP contribution in [0, 0.1) is 11.6 Å². The summed E-state index contributed by atoms with van der Waals surface area (Å²) < 4.78 is 29.0. The smallest absolute Gasteiger partial charge is 0.191 e. The van der Waals surface area contributed by atoms with Gasteiger partial charge in [-0.3, -0.25) is 4.99 Å². The lowest BCUT2D eigenvalue weighted by Crippen LogP contribution is -2.47. The normalized spacial score (nSPS) is 16.9. The number of aliphatic imine (C=N–C) groups is 1. The molecule has 0 saturated carbocycles. The Labute approximate surface area is 158 Å². The number of aryl methyl sites for hydroxylation is 2. The lowest BCUT2D eigenvalue weighted by atomic mass is 10.1. The van der Waals surface area contributed by atoms with Gasteiger partial charge in [0.05, 0.1) is 6.54 Å². The molecule has 2 aromatic rings. The maximum Gasteiger partial charge on any atom is 0.191 e. The molecule has 1 unspecified atom stereocenters. The third-order valence-electron chi connectivity index (χ3n) is 4.56. The first-order chi connectivity index (χ1) is 13.1. The second kappa shape index (κ2) is 8.92. The van der Waals surface area contributed by atoms with Crippen LogP contribution in [0.5, 0.6) is 0 Å². The molecule has 1 aliphatic rings. The fourth-order valence-corrected chi connectivity index (χ4v) is 3.16. The topological polar surface area (TPSA) is 67.1 Å². The lowest BCUT2D eigenvalue weighted by molar-refractivity contribution is 0.392. The van der Waals surface area contributed by atoms with E-state index in [0.29, 0.717) is 24.5 Å². The Kier molecular flexibility index (Phi) is 6.36. The van der Waals surface area contributed by atoms with E-state index in [1.54, 1.807) is 0 Å². The number of rotatable bonds is 6. The molecule has 27 heavy (non-hydrogen) atoms. The first-order valence-electron chi connectivity index (χ1n) is 9.50. The van der Waals surface area contributed by atoms with Crippen LogP contribution < -0.4 is 10.6 Å². The SMILES string of the molecule is CCNC(=NCCc1cc(F)ccc1F)NC1CCc2nc(CC)nn2C1. The van der Waals surface area contributed by atoms with E-state index < -0.39 is 11.6 Å². The summed E-state index contributed by atoms with van der Waals surface area (Å²) in [5.74, 6) is 1.76. The zero-order valence-electron chi connectivity index (χ0n) is 15.8. The van der Waals surface area contributed by atoms with Crippen LogP contribution in [-0.2, 0) is 25.8 Å². The van der Waals surface area contributed by atoms with Gasteiger partial charge in [0, 0.05) is 32.0 Å². The summed E-state index contributed by atoms with van der Waals surface area (Å²) in [6.07, 6.45) is 3.00. The van der Waals surface area contributed by atoms with E-state index >= 15 is 0 Å². The molecule has 8 heteroatoms. The first-order valence-corrected chi connectivity index (χ1v) is 9.50. The van der Waals surface area contributed by atoms with E-state index in [-0.39, 0.29) is 6.04 Å². The minimum atomic E-state index is -0.433. The van der Waals surface area contributed by atoms with Crippen molar-refractivity contribution in [3.8, 4) is 0 Å². The molecule has 0 bridgehead atoms. The van der Waals surface area contributed by atoms with Crippen LogP contribution >= 0.6 is 0 Å². The highest BCUT2D eigenvalue weighted by molar-refractivity contribution is 5.80. The summed E-state index contributed by atoms with van der Waals surface area (Å²) in [5.41, 5.74) is 0.339. The van der Waals surface area contributed by atoms with Gasteiger partial charge >= 0.3 is 0 Å². The fourth-order valence-electron chi connectivity index (χ4n) is 3.16. The average Bonchev–Trinajstić information content (AvgIpc) is 3.07. The van der Waals surface area contributed by atoms with Crippen LogP contribution in [0.2, 0.25) is 0 Å². The molecule has 6 nitrogen and oxygen atoms in total. The molecule has 1 aromatic carbocycles. The zero-order valence-corrected chi connectivity index (χ0v) is 15.8. The number of fused-ring (bicyclic) bond motifs is 1. The maximum atomic E-state index is 13.7. The average molecular weight is 376 g/mol. The largest absolute Gasteiger partial charge is 0.357 e. The second-order valence-electron chi connectivity index (χ2n) is 6.61. The van der Waals surface area contributed by atoms with Gasteiger partial charge in [-0.05, 0) is 43.5 Å². The van der Waals surface area contributed by atoms with E-state index in [1.807, 2.05) is 11.6 Å². The van der Waals surface area contributed by atoms with E-state index in [2.05, 4.69) is 32.6 Å². The van der Waals surface area contributed by atoms with Crippen molar-refractivity contribution in [3.63, 3.8) is 0 Å². The van der Waals surface area contributed by atoms with Crippen molar-refractivity contribution in [2.75, 3.05) is 13.1 Å². The van der Waals surface area contributed by atoms with E-state index in [4.69, 9.17) is 0 Å². The molecule has 2 N–H and O–H groups in total. The minimum Gasteiger partial charge on any atom is -0.357 e. The Morgan fingerprint density at radius 3 is 2.96 bits per heavy atom. The lowest BCUT2D eigenvalue weighted by Gasteiger charge is -2.25. The Hall–Kier alpha value is -2.51. The molecule has 1 atom stereocenters. The van der Waals surface area contributed by atoms with Gasteiger partial charge in [-0.1, -0.05) is 6.92 Å². The molecule has 0 radical (unpaired) electrons. The maximum absolute atomic E-state index is 13.7. The number of nitrogens with one attached hydrogen (secondary N) is 2. The van der Waals surface area contributed by atoms with Crippen LogP contribution in [0.3, 0.4) is 0 Å². The molecule has 0 saturated heterocycles. The predicted octanol–water partition coefficient (Wildman–Crippen LogP) is 2.23. The van der Waals surface area contributed by atoms with Crippen molar-refractivity contribution in [1.82, 2.24) is 25.4 Å². The number of halogens is 2. The van der Waals surface area contributed by atoms with Crippen LogP contribution in [0.15, 0.2) is 23.2 Å². The molecular weight excluding hydrogens is 350 g/mol. The van der Waals surface area contributed by atoms with Crippen molar-refractivity contribution in [1.29, 1.82) is 0 Å². The summed E-state index contributed by atoms with van der Waals surface area (Å²) in [6, 6.07) is 3.70. The molecule has 1 aromatic heterocycles. The van der Waals surface area contributed by atoms with Gasteiger partial charge in [0.2, 0.25) is 0 Å². The third-order valence-corrected chi connectivity index (χ3v) is 4.56. The highest BCUT2D eigenvalue weighted by atomic mass is 19.1. The first kappa shape index (κ1) is 19.3.